The lowest BCUT2D eigenvalue weighted by molar-refractivity contribution is -0.128. The standard InChI is InChI=1S/C19H26N2O2S/c1-5-7-17(6-2)19(22)20-12-13-21(16(4)14-20)24(23)18-10-8-15(3)9-11-18/h5-11,16H,12-14H2,1-4H3/b7-5-,17-6+. The van der Waals surface area contributed by atoms with E-state index in [1.807, 2.05) is 79.4 Å². The minimum Gasteiger partial charge on any atom is -0.336 e. The highest BCUT2D eigenvalue weighted by Gasteiger charge is 2.31. The van der Waals surface area contributed by atoms with Crippen LogP contribution in [0.2, 0.25) is 0 Å². The van der Waals surface area contributed by atoms with Crippen molar-refractivity contribution in [3.8, 4) is 0 Å². The molecule has 1 aliphatic heterocycles. The highest BCUT2D eigenvalue weighted by Crippen LogP contribution is 2.19. The molecule has 4 nitrogen and oxygen atoms in total. The third-order valence-electron chi connectivity index (χ3n) is 4.19. The Labute approximate surface area is 147 Å². The molecule has 0 aromatic heterocycles. The molecule has 5 heteroatoms. The molecule has 2 atom stereocenters. The van der Waals surface area contributed by atoms with E-state index in [-0.39, 0.29) is 11.9 Å². The molecule has 1 amide bonds. The molecule has 2 unspecified atom stereocenters. The molecule has 130 valence electrons. The van der Waals surface area contributed by atoms with Gasteiger partial charge in [0.15, 0.2) is 0 Å². The van der Waals surface area contributed by atoms with Gasteiger partial charge in [-0.3, -0.25) is 4.79 Å². The number of nitrogens with zero attached hydrogens (tertiary/aromatic N) is 2. The van der Waals surface area contributed by atoms with E-state index < -0.39 is 11.0 Å². The van der Waals surface area contributed by atoms with Crippen LogP contribution in [-0.2, 0) is 15.8 Å². The molecule has 1 aromatic rings. The van der Waals surface area contributed by atoms with Crippen LogP contribution in [0, 0.1) is 6.92 Å². The van der Waals surface area contributed by atoms with Crippen molar-refractivity contribution in [3.63, 3.8) is 0 Å². The first kappa shape index (κ1) is 18.6. The summed E-state index contributed by atoms with van der Waals surface area (Å²) in [4.78, 5) is 15.2. The molecule has 1 saturated heterocycles. The van der Waals surface area contributed by atoms with Gasteiger partial charge in [-0.05, 0) is 39.8 Å². The third kappa shape index (κ3) is 4.22. The number of aryl methyl sites for hydroxylation is 1. The van der Waals surface area contributed by atoms with Crippen LogP contribution in [0.15, 0.2) is 53.0 Å². The van der Waals surface area contributed by atoms with Gasteiger partial charge >= 0.3 is 0 Å². The zero-order chi connectivity index (χ0) is 17.7. The Bertz CT molecular complexity index is 664. The summed E-state index contributed by atoms with van der Waals surface area (Å²) >= 11 is 0. The van der Waals surface area contributed by atoms with E-state index in [0.29, 0.717) is 25.2 Å². The fraction of sp³-hybridized carbons (Fsp3) is 0.421. The van der Waals surface area contributed by atoms with Crippen molar-refractivity contribution in [2.45, 2.75) is 38.6 Å². The Kier molecular flexibility index (Phi) is 6.52. The SMILES string of the molecule is C/C=C\C(=C/C)C(=O)N1CCN(S(=O)c2ccc(C)cc2)C(C)C1. The normalized spacial score (nSPS) is 21.2. The Morgan fingerprint density at radius 2 is 1.88 bits per heavy atom. The quantitative estimate of drug-likeness (QED) is 0.621. The van der Waals surface area contributed by atoms with Crippen molar-refractivity contribution in [2.24, 2.45) is 0 Å². The van der Waals surface area contributed by atoms with Crippen molar-refractivity contribution in [1.82, 2.24) is 9.21 Å². The van der Waals surface area contributed by atoms with Gasteiger partial charge in [0.25, 0.3) is 5.91 Å². The third-order valence-corrected chi connectivity index (χ3v) is 5.84. The van der Waals surface area contributed by atoms with E-state index in [0.717, 1.165) is 10.5 Å². The van der Waals surface area contributed by atoms with Gasteiger partial charge in [0, 0.05) is 31.2 Å². The van der Waals surface area contributed by atoms with Crippen LogP contribution in [0.25, 0.3) is 0 Å². The number of benzene rings is 1. The van der Waals surface area contributed by atoms with Crippen molar-refractivity contribution >= 4 is 16.9 Å². The van der Waals surface area contributed by atoms with E-state index in [1.54, 1.807) is 0 Å². The predicted octanol–water partition coefficient (Wildman–Crippen LogP) is 3.07. The molecule has 24 heavy (non-hydrogen) atoms. The number of carbonyl (C=O) groups excluding carboxylic acids is 1. The summed E-state index contributed by atoms with van der Waals surface area (Å²) in [6.45, 7) is 9.61. The maximum Gasteiger partial charge on any atom is 0.253 e. The van der Waals surface area contributed by atoms with Gasteiger partial charge in [-0.15, -0.1) is 0 Å². The molecular weight excluding hydrogens is 320 g/mol. The Hall–Kier alpha value is -1.72. The summed E-state index contributed by atoms with van der Waals surface area (Å²) in [5, 5.41) is 0. The Balaban J connectivity index is 2.06. The molecule has 0 radical (unpaired) electrons. The fourth-order valence-corrected chi connectivity index (χ4v) is 4.10. The second kappa shape index (κ2) is 8.40. The van der Waals surface area contributed by atoms with E-state index in [2.05, 4.69) is 0 Å². The second-order valence-electron chi connectivity index (χ2n) is 6.05. The zero-order valence-corrected chi connectivity index (χ0v) is 15.7. The van der Waals surface area contributed by atoms with Gasteiger partial charge in [0.2, 0.25) is 0 Å². The number of piperazine rings is 1. The molecule has 2 rings (SSSR count). The van der Waals surface area contributed by atoms with Crippen LogP contribution in [0.4, 0.5) is 0 Å². The summed E-state index contributed by atoms with van der Waals surface area (Å²) in [5.74, 6) is 0.0446. The molecule has 1 heterocycles. The minimum absolute atomic E-state index is 0.0446. The van der Waals surface area contributed by atoms with Gasteiger partial charge in [0.1, 0.15) is 11.0 Å². The van der Waals surface area contributed by atoms with E-state index in [1.165, 1.54) is 0 Å². The first-order valence-electron chi connectivity index (χ1n) is 8.31. The molecule has 0 spiro atoms. The highest BCUT2D eigenvalue weighted by molar-refractivity contribution is 7.82. The maximum atomic E-state index is 12.8. The largest absolute Gasteiger partial charge is 0.336 e. The van der Waals surface area contributed by atoms with Crippen LogP contribution < -0.4 is 0 Å². The average molecular weight is 346 g/mol. The summed E-state index contributed by atoms with van der Waals surface area (Å²) < 4.78 is 14.8. The Morgan fingerprint density at radius 1 is 1.21 bits per heavy atom. The molecule has 0 saturated carbocycles. The van der Waals surface area contributed by atoms with Crippen LogP contribution in [-0.4, -0.2) is 45.0 Å². The lowest BCUT2D eigenvalue weighted by Gasteiger charge is -2.38. The van der Waals surface area contributed by atoms with Crippen LogP contribution >= 0.6 is 0 Å². The smallest absolute Gasteiger partial charge is 0.253 e. The maximum absolute atomic E-state index is 12.8. The molecule has 1 aliphatic rings. The molecule has 0 bridgehead atoms. The number of amides is 1. The fourth-order valence-electron chi connectivity index (χ4n) is 2.81. The molecular formula is C19H26N2O2S. The summed E-state index contributed by atoms with van der Waals surface area (Å²) in [7, 11) is -1.19. The topological polar surface area (TPSA) is 40.6 Å². The van der Waals surface area contributed by atoms with Crippen LogP contribution in [0.5, 0.6) is 0 Å². The monoisotopic (exact) mass is 346 g/mol. The number of hydrogen-bond donors (Lipinski definition) is 0. The molecule has 1 fully saturated rings. The minimum atomic E-state index is -1.19. The van der Waals surface area contributed by atoms with Gasteiger partial charge in [-0.1, -0.05) is 35.9 Å². The van der Waals surface area contributed by atoms with Crippen LogP contribution in [0.1, 0.15) is 26.3 Å². The lowest BCUT2D eigenvalue weighted by Crippen LogP contribution is -2.54. The molecule has 0 aliphatic carbocycles. The number of rotatable bonds is 4. The van der Waals surface area contributed by atoms with E-state index in [4.69, 9.17) is 0 Å². The number of hydrogen-bond acceptors (Lipinski definition) is 2. The van der Waals surface area contributed by atoms with Crippen molar-refractivity contribution in [2.75, 3.05) is 19.6 Å². The number of carbonyl (C=O) groups is 1. The van der Waals surface area contributed by atoms with Crippen molar-refractivity contribution in [1.29, 1.82) is 0 Å². The van der Waals surface area contributed by atoms with Gasteiger partial charge in [-0.2, -0.15) is 0 Å². The highest BCUT2D eigenvalue weighted by atomic mass is 32.2. The van der Waals surface area contributed by atoms with E-state index in [9.17, 15) is 9.00 Å². The predicted molar refractivity (Wildman–Crippen MR) is 98.9 cm³/mol. The van der Waals surface area contributed by atoms with Gasteiger partial charge < -0.3 is 4.90 Å². The molecule has 0 N–H and O–H groups in total. The van der Waals surface area contributed by atoms with Crippen molar-refractivity contribution < 1.29 is 9.00 Å². The first-order chi connectivity index (χ1) is 11.5. The number of allylic oxidation sites excluding steroid dienone is 2. The lowest BCUT2D eigenvalue weighted by atomic mass is 10.1. The molecule has 1 aromatic carbocycles. The van der Waals surface area contributed by atoms with Crippen molar-refractivity contribution in [3.05, 3.63) is 53.6 Å². The zero-order valence-electron chi connectivity index (χ0n) is 14.9. The second-order valence-corrected chi connectivity index (χ2v) is 7.49. The average Bonchev–Trinajstić information content (AvgIpc) is 2.59. The summed E-state index contributed by atoms with van der Waals surface area (Å²) in [6.07, 6.45) is 5.55. The van der Waals surface area contributed by atoms with Gasteiger partial charge in [-0.25, -0.2) is 8.51 Å². The summed E-state index contributed by atoms with van der Waals surface area (Å²) in [6, 6.07) is 7.84. The van der Waals surface area contributed by atoms with Crippen LogP contribution in [0.3, 0.4) is 0 Å². The first-order valence-corrected chi connectivity index (χ1v) is 9.42. The van der Waals surface area contributed by atoms with E-state index >= 15 is 0 Å². The Morgan fingerprint density at radius 3 is 2.42 bits per heavy atom. The summed E-state index contributed by atoms with van der Waals surface area (Å²) in [5.41, 5.74) is 1.86. The van der Waals surface area contributed by atoms with Gasteiger partial charge in [0.05, 0.1) is 4.90 Å².